The van der Waals surface area contributed by atoms with E-state index in [4.69, 9.17) is 29.9 Å². The molecule has 0 saturated carbocycles. The molecular formula is C126H72N18. The summed E-state index contributed by atoms with van der Waals surface area (Å²) in [6.07, 6.45) is 5.46. The van der Waals surface area contributed by atoms with Gasteiger partial charge in [0.1, 0.15) is 51.8 Å². The van der Waals surface area contributed by atoms with Crippen molar-refractivity contribution in [3.05, 3.63) is 471 Å². The van der Waals surface area contributed by atoms with Crippen molar-refractivity contribution in [3.8, 4) is 138 Å². The lowest BCUT2D eigenvalue weighted by Gasteiger charge is -2.16. The highest BCUT2D eigenvalue weighted by atomic mass is 15.2. The zero-order valence-electron chi connectivity index (χ0n) is 76.6. The SMILES string of the molecule is N#Cc1ccc(-c2ccccc2-c2cc(-n3c4ccccc4c4cc(C#N)ccc43)nc(-n3c4ccccc4c4cccnc43)c2)cc1.N#Cc1ccc2c(c1)c1ccccc1n2-c1cc(-c2ccccc2-c2ccccc2C#N)cc(-n2c3ccccc3c3cccnc32)n1.N#Cc1cccc(-c2ccccc2-c2cc(-n3c4ccccc4c4cc(C#N)ccc43)nc(-n3c4ccccc4c4cccnc43)c2)c1. The summed E-state index contributed by atoms with van der Waals surface area (Å²) < 4.78 is 12.9. The normalized spacial score (nSPS) is 11.3. The number of aromatic nitrogens is 12. The molecule has 27 aromatic rings. The molecule has 0 spiro atoms. The Morgan fingerprint density at radius 1 is 0.160 bits per heavy atom. The third kappa shape index (κ3) is 14.3. The number of hydrogen-bond donors (Lipinski definition) is 0. The number of hydrogen-bond acceptors (Lipinski definition) is 12. The van der Waals surface area contributed by atoms with Gasteiger partial charge in [-0.2, -0.15) is 31.6 Å². The fraction of sp³-hybridized carbons (Fsp3) is 0. The summed E-state index contributed by atoms with van der Waals surface area (Å²) in [5.74, 6) is 4.39. The maximum Gasteiger partial charge on any atom is 0.146 e. The van der Waals surface area contributed by atoms with Crippen LogP contribution in [0.4, 0.5) is 0 Å². The van der Waals surface area contributed by atoms with E-state index in [0.29, 0.717) is 33.4 Å². The predicted molar refractivity (Wildman–Crippen MR) is 573 cm³/mol. The van der Waals surface area contributed by atoms with Crippen molar-refractivity contribution in [1.82, 2.24) is 57.3 Å². The van der Waals surface area contributed by atoms with Gasteiger partial charge >= 0.3 is 0 Å². The Labute approximate surface area is 823 Å². The standard InChI is InChI=1S/3C42H24N6/c43-25-27-9-7-10-29(21-27)31-11-1-2-12-32(31)30-23-40(47-37-16-5-4-14-34(37)36-22-28(26-44)18-19-39(36)47)46-41(24-30)48-38-17-6-3-13-33(38)35-15-8-20-45-42(35)48;43-25-27-15-18-29(19-16-27)31-8-1-2-9-32(31)30-23-40(47-37-13-5-4-11-34(37)36-22-28(26-44)17-20-39(36)47)46-41(24-30)48-38-14-6-3-10-33(38)35-12-7-21-45-42(35)48;43-25-27-19-20-39-36(22-27)34-15-6-7-17-37(34)47(39)40-23-29(31-12-3-4-13-32(31)30-11-2-1-10-28(30)26-44)24-41(46-40)48-38-18-8-5-14-33(38)35-16-9-21-45-42(35)48/h3*1-24H. The van der Waals surface area contributed by atoms with Crippen LogP contribution in [-0.4, -0.2) is 57.3 Å². The molecule has 0 saturated heterocycles. The molecule has 0 N–H and O–H groups in total. The van der Waals surface area contributed by atoms with Crippen LogP contribution >= 0.6 is 0 Å². The lowest BCUT2D eigenvalue weighted by atomic mass is 9.92. The van der Waals surface area contributed by atoms with E-state index in [9.17, 15) is 31.6 Å². The molecule has 0 fully saturated rings. The number of nitrogens with zero attached hydrogens (tertiary/aromatic N) is 18. The minimum absolute atomic E-state index is 0.606. The van der Waals surface area contributed by atoms with E-state index in [0.717, 1.165) is 233 Å². The predicted octanol–water partition coefficient (Wildman–Crippen LogP) is 29.2. The van der Waals surface area contributed by atoms with Crippen LogP contribution in [0.5, 0.6) is 0 Å². The molecule has 12 heterocycles. The van der Waals surface area contributed by atoms with Crippen molar-refractivity contribution in [2.24, 2.45) is 0 Å². The van der Waals surface area contributed by atoms with Gasteiger partial charge in [0.2, 0.25) is 0 Å². The number of rotatable bonds is 12. The molecule has 0 amide bonds. The van der Waals surface area contributed by atoms with Crippen LogP contribution in [0.2, 0.25) is 0 Å². The van der Waals surface area contributed by atoms with E-state index >= 15 is 0 Å². The lowest BCUT2D eigenvalue weighted by molar-refractivity contribution is 1.00. The van der Waals surface area contributed by atoms with Gasteiger partial charge in [-0.05, 0) is 255 Å². The fourth-order valence-electron chi connectivity index (χ4n) is 20.8. The number of benzene rings is 15. The Balaban J connectivity index is 0.000000113. The molecule has 0 bridgehead atoms. The second-order valence-corrected chi connectivity index (χ2v) is 35.2. The maximum atomic E-state index is 10.0. The summed E-state index contributed by atoms with van der Waals surface area (Å²) in [5.41, 5.74) is 26.8. The van der Waals surface area contributed by atoms with Gasteiger partial charge in [-0.3, -0.25) is 27.4 Å². The van der Waals surface area contributed by atoms with Crippen LogP contribution < -0.4 is 0 Å². The molecule has 12 aromatic heterocycles. The summed E-state index contributed by atoms with van der Waals surface area (Å²) in [4.78, 5) is 30.7. The van der Waals surface area contributed by atoms with Crippen LogP contribution in [0.15, 0.2) is 437 Å². The van der Waals surface area contributed by atoms with Crippen molar-refractivity contribution in [1.29, 1.82) is 31.6 Å². The molecule has 0 unspecified atom stereocenters. The lowest BCUT2D eigenvalue weighted by Crippen LogP contribution is -2.05. The molecule has 18 nitrogen and oxygen atoms in total. The number of nitriles is 6. The summed E-state index contributed by atoms with van der Waals surface area (Å²) in [5, 5.41) is 70.9. The van der Waals surface area contributed by atoms with Crippen LogP contribution in [0, 0.1) is 68.0 Å². The summed E-state index contributed by atoms with van der Waals surface area (Å²) in [6, 6.07) is 154. The van der Waals surface area contributed by atoms with Gasteiger partial charge in [0.25, 0.3) is 0 Å². The molecule has 666 valence electrons. The molecule has 144 heavy (non-hydrogen) atoms. The molecule has 18 heteroatoms. The van der Waals surface area contributed by atoms with Crippen LogP contribution in [0.3, 0.4) is 0 Å². The van der Waals surface area contributed by atoms with E-state index in [-0.39, 0.29) is 0 Å². The van der Waals surface area contributed by atoms with Gasteiger partial charge in [-0.1, -0.05) is 224 Å². The van der Waals surface area contributed by atoms with Crippen molar-refractivity contribution in [2.75, 3.05) is 0 Å². The molecule has 0 aliphatic carbocycles. The molecular weight excluding hydrogens is 1770 g/mol. The first-order valence-corrected chi connectivity index (χ1v) is 46.9. The monoisotopic (exact) mass is 1840 g/mol. The first-order chi connectivity index (χ1) is 71.2. The topological polar surface area (TPSA) is 250 Å². The van der Waals surface area contributed by atoms with E-state index in [1.165, 1.54) is 0 Å². The third-order valence-corrected chi connectivity index (χ3v) is 27.2. The van der Waals surface area contributed by atoms with Crippen LogP contribution in [0.1, 0.15) is 33.4 Å². The highest BCUT2D eigenvalue weighted by Crippen LogP contribution is 2.46. The Hall–Kier alpha value is -21.1. The van der Waals surface area contributed by atoms with E-state index in [1.807, 2.05) is 267 Å². The Morgan fingerprint density at radius 2 is 0.417 bits per heavy atom. The minimum atomic E-state index is 0.606. The van der Waals surface area contributed by atoms with Gasteiger partial charge in [0.15, 0.2) is 0 Å². The van der Waals surface area contributed by atoms with Gasteiger partial charge in [0, 0.05) is 88.8 Å². The first-order valence-electron chi connectivity index (χ1n) is 46.9. The van der Waals surface area contributed by atoms with Gasteiger partial charge < -0.3 is 0 Å². The van der Waals surface area contributed by atoms with E-state index in [2.05, 4.69) is 234 Å². The quantitative estimate of drug-likeness (QED) is 0.111. The third-order valence-electron chi connectivity index (χ3n) is 27.2. The average molecular weight is 1840 g/mol. The molecule has 0 radical (unpaired) electrons. The van der Waals surface area contributed by atoms with Crippen molar-refractivity contribution in [2.45, 2.75) is 0 Å². The number of pyridine rings is 6. The van der Waals surface area contributed by atoms with Gasteiger partial charge in [-0.25, -0.2) is 29.9 Å². The maximum absolute atomic E-state index is 10.0. The summed E-state index contributed by atoms with van der Waals surface area (Å²) in [7, 11) is 0. The fourth-order valence-corrected chi connectivity index (χ4v) is 20.8. The smallest absolute Gasteiger partial charge is 0.146 e. The molecule has 0 atom stereocenters. The number of fused-ring (bicyclic) bond motifs is 18. The first kappa shape index (κ1) is 84.7. The Bertz CT molecular complexity index is 10100. The van der Waals surface area contributed by atoms with Crippen molar-refractivity contribution in [3.63, 3.8) is 0 Å². The Morgan fingerprint density at radius 3 is 0.764 bits per heavy atom. The molecule has 27 rings (SSSR count). The molecule has 0 aliphatic heterocycles. The summed E-state index contributed by atoms with van der Waals surface area (Å²) in [6.45, 7) is 0. The van der Waals surface area contributed by atoms with Crippen molar-refractivity contribution >= 4 is 131 Å². The van der Waals surface area contributed by atoms with Gasteiger partial charge in [-0.15, -0.1) is 0 Å². The number of para-hydroxylation sites is 6. The minimum Gasteiger partial charge on any atom is -0.294 e. The Kier molecular flexibility index (Phi) is 20.7. The zero-order valence-corrected chi connectivity index (χ0v) is 76.6. The average Bonchev–Trinajstić information content (AvgIpc) is 1.57. The van der Waals surface area contributed by atoms with Crippen LogP contribution in [-0.2, 0) is 0 Å². The van der Waals surface area contributed by atoms with Crippen LogP contribution in [0.25, 0.3) is 233 Å². The van der Waals surface area contributed by atoms with E-state index in [1.54, 1.807) is 0 Å². The largest absolute Gasteiger partial charge is 0.294 e. The van der Waals surface area contributed by atoms with Crippen molar-refractivity contribution < 1.29 is 0 Å². The second-order valence-electron chi connectivity index (χ2n) is 35.2. The highest BCUT2D eigenvalue weighted by Gasteiger charge is 2.27. The molecule has 15 aromatic carbocycles. The molecule has 0 aliphatic rings. The van der Waals surface area contributed by atoms with E-state index < -0.39 is 0 Å². The zero-order chi connectivity index (χ0) is 96.6. The second kappa shape index (κ2) is 35.2. The highest BCUT2D eigenvalue weighted by molar-refractivity contribution is 6.15. The van der Waals surface area contributed by atoms with Gasteiger partial charge in [0.05, 0.1) is 119 Å². The summed E-state index contributed by atoms with van der Waals surface area (Å²) >= 11 is 0.